The third-order valence-electron chi connectivity index (χ3n) is 10.3. The molecule has 0 aliphatic heterocycles. The molecular weight excluding hydrogens is 682 g/mol. The number of hydrogen-bond donors (Lipinski definition) is 0. The van der Waals surface area contributed by atoms with Crippen LogP contribution in [0.4, 0.5) is 26.3 Å². The number of aromatic nitrogens is 2. The molecule has 0 radical (unpaired) electrons. The average Bonchev–Trinajstić information content (AvgIpc) is 3.60. The largest absolute Gasteiger partial charge is 0.420 e. The Morgan fingerprint density at radius 1 is 0.453 bits per heavy atom. The number of para-hydroxylation sites is 2. The minimum Gasteiger partial charge on any atom is -0.309 e. The molecule has 2 aromatic heterocycles. The van der Waals surface area contributed by atoms with Crippen molar-refractivity contribution in [1.29, 1.82) is 0 Å². The molecule has 268 valence electrons. The molecule has 2 heterocycles. The van der Waals surface area contributed by atoms with Crippen LogP contribution >= 0.6 is 0 Å². The summed E-state index contributed by atoms with van der Waals surface area (Å²) in [5.41, 5.74) is 0.663. The summed E-state index contributed by atoms with van der Waals surface area (Å²) >= 11 is 0. The Hall–Kier alpha value is -5.50. The monoisotopic (exact) mass is 718 g/mol. The molecule has 0 saturated carbocycles. The van der Waals surface area contributed by atoms with Gasteiger partial charge in [0.05, 0.1) is 39.0 Å². The standard InChI is InChI=1S/C45H36F6N2/c1-43(2,3)26-15-19-36-30(23-26)28-11-7-9-13-34(28)52(36)38-21-25(40-32(46)17-18-33(47)42(40)48)22-39(41(38)45(49,50)51)53-35-14-10-8-12-29(35)31-24-27(44(4,5)6)16-20-37(31)53/h7-24H,1-6H3. The van der Waals surface area contributed by atoms with E-state index in [1.165, 1.54) is 9.13 Å². The molecular formula is C45H36F6N2. The highest BCUT2D eigenvalue weighted by atomic mass is 19.4. The Kier molecular flexibility index (Phi) is 7.67. The minimum atomic E-state index is -4.96. The second-order valence-electron chi connectivity index (χ2n) is 15.8. The number of benzene rings is 6. The van der Waals surface area contributed by atoms with Crippen LogP contribution in [-0.4, -0.2) is 9.13 Å². The van der Waals surface area contributed by atoms with Crippen molar-refractivity contribution >= 4 is 43.6 Å². The lowest BCUT2D eigenvalue weighted by molar-refractivity contribution is -0.137. The van der Waals surface area contributed by atoms with E-state index < -0.39 is 34.8 Å². The number of halogens is 6. The molecule has 6 aromatic carbocycles. The van der Waals surface area contributed by atoms with Crippen molar-refractivity contribution in [3.8, 4) is 22.5 Å². The first kappa shape index (κ1) is 34.6. The Bertz CT molecular complexity index is 2620. The highest BCUT2D eigenvalue weighted by molar-refractivity contribution is 6.11. The van der Waals surface area contributed by atoms with Crippen LogP contribution in [0.2, 0.25) is 0 Å². The van der Waals surface area contributed by atoms with Crippen molar-refractivity contribution in [1.82, 2.24) is 9.13 Å². The van der Waals surface area contributed by atoms with Gasteiger partial charge in [-0.1, -0.05) is 90.1 Å². The lowest BCUT2D eigenvalue weighted by Gasteiger charge is -2.24. The fraction of sp³-hybridized carbons (Fsp3) is 0.200. The van der Waals surface area contributed by atoms with Gasteiger partial charge in [0.15, 0.2) is 11.6 Å². The van der Waals surface area contributed by atoms with Crippen molar-refractivity contribution < 1.29 is 26.3 Å². The van der Waals surface area contributed by atoms with E-state index >= 15 is 22.0 Å². The van der Waals surface area contributed by atoms with E-state index in [0.717, 1.165) is 40.1 Å². The van der Waals surface area contributed by atoms with Crippen LogP contribution in [0.25, 0.3) is 66.1 Å². The Morgan fingerprint density at radius 3 is 1.30 bits per heavy atom. The number of fused-ring (bicyclic) bond motifs is 6. The molecule has 53 heavy (non-hydrogen) atoms. The summed E-state index contributed by atoms with van der Waals surface area (Å²) in [4.78, 5) is 0. The van der Waals surface area contributed by atoms with Crippen LogP contribution in [0.15, 0.2) is 109 Å². The molecule has 0 aliphatic carbocycles. The van der Waals surface area contributed by atoms with E-state index in [0.29, 0.717) is 38.9 Å². The van der Waals surface area contributed by atoms with Crippen LogP contribution in [0, 0.1) is 17.5 Å². The normalized spacial score (nSPS) is 12.9. The topological polar surface area (TPSA) is 9.86 Å². The molecule has 0 unspecified atom stereocenters. The summed E-state index contributed by atoms with van der Waals surface area (Å²) < 4.78 is 97.4. The minimum absolute atomic E-state index is 0.244. The molecule has 0 atom stereocenters. The van der Waals surface area contributed by atoms with Gasteiger partial charge in [0.2, 0.25) is 0 Å². The van der Waals surface area contributed by atoms with Crippen molar-refractivity contribution in [3.05, 3.63) is 143 Å². The molecule has 8 heteroatoms. The Morgan fingerprint density at radius 2 is 0.868 bits per heavy atom. The van der Waals surface area contributed by atoms with Crippen molar-refractivity contribution in [3.63, 3.8) is 0 Å². The van der Waals surface area contributed by atoms with E-state index in [4.69, 9.17) is 0 Å². The van der Waals surface area contributed by atoms with Gasteiger partial charge in [0.1, 0.15) is 11.4 Å². The Labute approximate surface area is 302 Å². The maximum absolute atomic E-state index is 16.1. The maximum atomic E-state index is 16.1. The maximum Gasteiger partial charge on any atom is 0.420 e. The van der Waals surface area contributed by atoms with Crippen LogP contribution in [0.3, 0.4) is 0 Å². The molecule has 8 rings (SSSR count). The van der Waals surface area contributed by atoms with Gasteiger partial charge in [-0.05, 0) is 88.2 Å². The van der Waals surface area contributed by atoms with E-state index in [1.807, 2.05) is 48.5 Å². The zero-order valence-electron chi connectivity index (χ0n) is 30.1. The molecule has 0 saturated heterocycles. The predicted octanol–water partition coefficient (Wildman–Crippen LogP) is 13.6. The summed E-state index contributed by atoms with van der Waals surface area (Å²) in [6, 6.07) is 29.3. The lowest BCUT2D eigenvalue weighted by atomic mass is 9.86. The molecule has 0 bridgehead atoms. The number of nitrogens with zero attached hydrogens (tertiary/aromatic N) is 2. The zero-order valence-corrected chi connectivity index (χ0v) is 30.1. The highest BCUT2D eigenvalue weighted by Gasteiger charge is 2.40. The molecule has 2 nitrogen and oxygen atoms in total. The van der Waals surface area contributed by atoms with Gasteiger partial charge in [-0.3, -0.25) is 0 Å². The summed E-state index contributed by atoms with van der Waals surface area (Å²) in [7, 11) is 0. The zero-order chi connectivity index (χ0) is 37.8. The second kappa shape index (κ2) is 11.8. The fourth-order valence-electron chi connectivity index (χ4n) is 7.59. The summed E-state index contributed by atoms with van der Waals surface area (Å²) in [6.45, 7) is 12.4. The molecule has 8 aromatic rings. The van der Waals surface area contributed by atoms with E-state index in [9.17, 15) is 4.39 Å². The second-order valence-corrected chi connectivity index (χ2v) is 15.8. The summed E-state index contributed by atoms with van der Waals surface area (Å²) in [5, 5.41) is 2.87. The number of rotatable bonds is 3. The fourth-order valence-corrected chi connectivity index (χ4v) is 7.59. The average molecular weight is 719 g/mol. The molecule has 0 aliphatic rings. The predicted molar refractivity (Wildman–Crippen MR) is 203 cm³/mol. The highest BCUT2D eigenvalue weighted by Crippen LogP contribution is 2.47. The smallest absolute Gasteiger partial charge is 0.309 e. The first-order valence-electron chi connectivity index (χ1n) is 17.4. The first-order valence-corrected chi connectivity index (χ1v) is 17.4. The molecule has 0 amide bonds. The van der Waals surface area contributed by atoms with Gasteiger partial charge in [-0.15, -0.1) is 0 Å². The van der Waals surface area contributed by atoms with Crippen molar-refractivity contribution in [2.45, 2.75) is 58.5 Å². The first-order chi connectivity index (χ1) is 24.9. The van der Waals surface area contributed by atoms with E-state index in [2.05, 4.69) is 41.5 Å². The van der Waals surface area contributed by atoms with Crippen LogP contribution in [-0.2, 0) is 17.0 Å². The van der Waals surface area contributed by atoms with E-state index in [1.54, 1.807) is 36.4 Å². The van der Waals surface area contributed by atoms with Gasteiger partial charge in [0.25, 0.3) is 0 Å². The molecule has 0 spiro atoms. The third kappa shape index (κ3) is 5.49. The molecule has 0 N–H and O–H groups in total. The van der Waals surface area contributed by atoms with Gasteiger partial charge in [0, 0.05) is 21.5 Å². The van der Waals surface area contributed by atoms with Crippen LogP contribution < -0.4 is 0 Å². The number of alkyl halides is 3. The van der Waals surface area contributed by atoms with E-state index in [-0.39, 0.29) is 27.8 Å². The van der Waals surface area contributed by atoms with Gasteiger partial charge in [-0.25, -0.2) is 13.2 Å². The van der Waals surface area contributed by atoms with Crippen molar-refractivity contribution in [2.24, 2.45) is 0 Å². The quantitative estimate of drug-likeness (QED) is 0.127. The van der Waals surface area contributed by atoms with Gasteiger partial charge < -0.3 is 9.13 Å². The summed E-state index contributed by atoms with van der Waals surface area (Å²) in [5.74, 6) is -3.91. The third-order valence-corrected chi connectivity index (χ3v) is 10.3. The Balaban J connectivity index is 1.60. The van der Waals surface area contributed by atoms with Gasteiger partial charge in [-0.2, -0.15) is 13.2 Å². The number of hydrogen-bond acceptors (Lipinski definition) is 0. The van der Waals surface area contributed by atoms with Crippen LogP contribution in [0.5, 0.6) is 0 Å². The van der Waals surface area contributed by atoms with Crippen LogP contribution in [0.1, 0.15) is 58.2 Å². The SMILES string of the molecule is CC(C)(C)c1ccc2c(c1)c1ccccc1n2-c1cc(-c2c(F)ccc(F)c2F)cc(-n2c3ccccc3c3cc(C(C)(C)C)ccc32)c1C(F)(F)F. The van der Waals surface area contributed by atoms with Gasteiger partial charge >= 0.3 is 6.18 Å². The summed E-state index contributed by atoms with van der Waals surface area (Å²) in [6.07, 6.45) is -4.96. The lowest BCUT2D eigenvalue weighted by Crippen LogP contribution is -2.16. The van der Waals surface area contributed by atoms with Crippen molar-refractivity contribution in [2.75, 3.05) is 0 Å². The molecule has 0 fully saturated rings.